The first kappa shape index (κ1) is 41.8. The third kappa shape index (κ3) is 8.60. The Morgan fingerprint density at radius 3 is 2.59 bits per heavy atom. The molecule has 0 bridgehead atoms. The van der Waals surface area contributed by atoms with E-state index in [1.165, 1.54) is 61.8 Å². The fraction of sp³-hybridized carbons (Fsp3) is 0.447. The molecule has 1 atom stereocenters. The monoisotopic (exact) mass is 893 g/mol. The first-order valence-electron chi connectivity index (χ1n) is 22.2. The summed E-state index contributed by atoms with van der Waals surface area (Å²) in [6.07, 6.45) is 14.3. The topological polar surface area (TPSA) is 172 Å². The predicted octanol–water partition coefficient (Wildman–Crippen LogP) is 9.34. The highest BCUT2D eigenvalue weighted by atomic mass is 35.5. The zero-order valence-corrected chi connectivity index (χ0v) is 36.6. The Bertz CT molecular complexity index is 2650. The summed E-state index contributed by atoms with van der Waals surface area (Å²) >= 11 is 6.78. The van der Waals surface area contributed by atoms with Gasteiger partial charge in [-0.3, -0.25) is 19.8 Å². The third-order valence-corrected chi connectivity index (χ3v) is 15.8. The van der Waals surface area contributed by atoms with Crippen LogP contribution in [0, 0.1) is 21.4 Å². The van der Waals surface area contributed by atoms with E-state index in [4.69, 9.17) is 21.1 Å². The summed E-state index contributed by atoms with van der Waals surface area (Å²) < 4.78 is 41.3. The number of rotatable bonds is 13. The fourth-order valence-corrected chi connectivity index (χ4v) is 11.9. The number of anilines is 2. The number of amides is 1. The Labute approximate surface area is 371 Å². The average molecular weight is 894 g/mol. The minimum atomic E-state index is -4.54. The van der Waals surface area contributed by atoms with Crippen molar-refractivity contribution in [3.8, 4) is 11.5 Å². The standard InChI is InChI=1S/C47H52ClN7O7S/c48-39-4-1-3-37(44(39)31-6-7-31)41-5-2-18-54(41)34-26-47(27-34)15-19-53(20-16-47)33-8-10-38(43(24-33)62-35-23-32-12-17-49-45(32)51-29-35)46(56)52-63(59,60)36-9-11-40(42(25-36)55(57)58)50-28-30-13-21-61-22-14-30/h1,3-4,8-12,17,23-25,29-31,34,41,50H,2,5-7,13-16,18-22,26-28H2,(H,49,51)(H,52,56). The van der Waals surface area contributed by atoms with Gasteiger partial charge in [0, 0.05) is 79.4 Å². The van der Waals surface area contributed by atoms with E-state index in [1.54, 1.807) is 30.6 Å². The van der Waals surface area contributed by atoms with Gasteiger partial charge >= 0.3 is 0 Å². The average Bonchev–Trinajstić information content (AvgIpc) is 3.79. The summed E-state index contributed by atoms with van der Waals surface area (Å²) in [4.78, 5) is 37.6. The highest BCUT2D eigenvalue weighted by Crippen LogP contribution is 2.55. The second kappa shape index (κ2) is 17.1. The van der Waals surface area contributed by atoms with Crippen molar-refractivity contribution in [2.75, 3.05) is 49.6 Å². The van der Waals surface area contributed by atoms with Crippen molar-refractivity contribution >= 4 is 55.6 Å². The van der Waals surface area contributed by atoms with Gasteiger partial charge in [-0.2, -0.15) is 0 Å². The lowest BCUT2D eigenvalue weighted by Crippen LogP contribution is -2.54. The quantitative estimate of drug-likeness (QED) is 0.0760. The van der Waals surface area contributed by atoms with E-state index in [0.717, 1.165) is 67.5 Å². The third-order valence-electron chi connectivity index (χ3n) is 14.2. The number of carbonyl (C=O) groups is 1. The van der Waals surface area contributed by atoms with Crippen LogP contribution in [0.5, 0.6) is 11.5 Å². The lowest BCUT2D eigenvalue weighted by Gasteiger charge is -2.56. The zero-order chi connectivity index (χ0) is 43.3. The number of hydrogen-bond acceptors (Lipinski definition) is 11. The van der Waals surface area contributed by atoms with Gasteiger partial charge in [0.15, 0.2) is 0 Å². The Morgan fingerprint density at radius 1 is 1.00 bits per heavy atom. The van der Waals surface area contributed by atoms with E-state index in [9.17, 15) is 23.3 Å². The van der Waals surface area contributed by atoms with Crippen molar-refractivity contribution in [2.24, 2.45) is 11.3 Å². The molecule has 3 aliphatic heterocycles. The zero-order valence-electron chi connectivity index (χ0n) is 35.1. The molecule has 5 heterocycles. The summed E-state index contributed by atoms with van der Waals surface area (Å²) in [6.45, 7) is 4.56. The second-order valence-corrected chi connectivity index (χ2v) is 20.2. The smallest absolute Gasteiger partial charge is 0.293 e. The van der Waals surface area contributed by atoms with E-state index < -0.39 is 31.4 Å². The molecule has 5 fully saturated rings. The van der Waals surface area contributed by atoms with Crippen LogP contribution in [0.1, 0.15) is 97.7 Å². The fourth-order valence-electron chi connectivity index (χ4n) is 10.5. The molecule has 1 spiro atoms. The second-order valence-electron chi connectivity index (χ2n) is 18.1. The lowest BCUT2D eigenvalue weighted by atomic mass is 9.59. The maximum Gasteiger partial charge on any atom is 0.293 e. The maximum atomic E-state index is 14.0. The van der Waals surface area contributed by atoms with Crippen LogP contribution in [0.4, 0.5) is 17.1 Å². The van der Waals surface area contributed by atoms with Gasteiger partial charge in [0.1, 0.15) is 22.8 Å². The number of hydrogen-bond donors (Lipinski definition) is 3. The number of carbonyl (C=O) groups excluding carboxylic acids is 1. The molecule has 1 amide bonds. The van der Waals surface area contributed by atoms with Gasteiger partial charge in [0.25, 0.3) is 21.6 Å². The van der Waals surface area contributed by atoms with Crippen molar-refractivity contribution < 1.29 is 27.6 Å². The molecule has 0 radical (unpaired) electrons. The van der Waals surface area contributed by atoms with Gasteiger partial charge < -0.3 is 24.7 Å². The van der Waals surface area contributed by atoms with E-state index in [2.05, 4.69) is 48.0 Å². The summed E-state index contributed by atoms with van der Waals surface area (Å²) in [7, 11) is -4.54. The van der Waals surface area contributed by atoms with Crippen molar-refractivity contribution in [1.29, 1.82) is 0 Å². The van der Waals surface area contributed by atoms with E-state index in [-0.39, 0.29) is 22.9 Å². The molecule has 2 saturated carbocycles. The minimum Gasteiger partial charge on any atom is -0.455 e. The number of aromatic amines is 1. The highest BCUT2D eigenvalue weighted by Gasteiger charge is 2.50. The number of ether oxygens (including phenoxy) is 2. The van der Waals surface area contributed by atoms with Crippen LogP contribution < -0.4 is 19.7 Å². The van der Waals surface area contributed by atoms with Gasteiger partial charge in [-0.1, -0.05) is 23.7 Å². The SMILES string of the molecule is O=C(NS(=O)(=O)c1ccc(NCC2CCOCC2)c([N+](=O)[O-])c1)c1ccc(N2CCC3(CC2)CC(N2CCCC2c2cccc(Cl)c2C2CC2)C3)cc1Oc1cnc2[nH]ccc2c1. The number of nitro benzene ring substituents is 1. The molecule has 330 valence electrons. The number of halogens is 1. The molecule has 2 aliphatic carbocycles. The molecule has 3 N–H and O–H groups in total. The summed E-state index contributed by atoms with van der Waals surface area (Å²) in [5.41, 5.74) is 4.45. The molecule has 5 aromatic rings. The Morgan fingerprint density at radius 2 is 1.81 bits per heavy atom. The molecule has 10 rings (SSSR count). The number of fused-ring (bicyclic) bond motifs is 1. The van der Waals surface area contributed by atoms with E-state index >= 15 is 0 Å². The van der Waals surface area contributed by atoms with Gasteiger partial charge in [-0.05, 0) is 142 Å². The number of nitrogens with zero attached hydrogens (tertiary/aromatic N) is 4. The van der Waals surface area contributed by atoms with Crippen molar-refractivity contribution in [2.45, 2.75) is 87.1 Å². The molecule has 16 heteroatoms. The Kier molecular flexibility index (Phi) is 11.3. The van der Waals surface area contributed by atoms with E-state index in [1.807, 2.05) is 12.1 Å². The number of benzene rings is 3. The Balaban J connectivity index is 0.841. The van der Waals surface area contributed by atoms with Crippen molar-refractivity contribution in [3.05, 3.63) is 111 Å². The van der Waals surface area contributed by atoms with Crippen LogP contribution in [0.2, 0.25) is 5.02 Å². The summed E-state index contributed by atoms with van der Waals surface area (Å²) in [5.74, 6) is 0.486. The van der Waals surface area contributed by atoms with Crippen LogP contribution >= 0.6 is 11.6 Å². The number of nitrogens with one attached hydrogen (secondary N) is 3. The molecule has 1 unspecified atom stereocenters. The minimum absolute atomic E-state index is 0.0132. The summed E-state index contributed by atoms with van der Waals surface area (Å²) in [5, 5.41) is 16.9. The number of pyridine rings is 1. The number of nitro groups is 1. The van der Waals surface area contributed by atoms with Crippen molar-refractivity contribution in [1.82, 2.24) is 19.6 Å². The molecular formula is C47H52ClN7O7S. The molecule has 3 aromatic carbocycles. The molecule has 3 saturated heterocycles. The molecule has 14 nitrogen and oxygen atoms in total. The molecule has 63 heavy (non-hydrogen) atoms. The predicted molar refractivity (Wildman–Crippen MR) is 241 cm³/mol. The van der Waals surface area contributed by atoms with Crippen LogP contribution in [-0.4, -0.2) is 79.6 Å². The van der Waals surface area contributed by atoms with Gasteiger partial charge in [-0.25, -0.2) is 18.1 Å². The van der Waals surface area contributed by atoms with Crippen LogP contribution in [-0.2, 0) is 14.8 Å². The van der Waals surface area contributed by atoms with Crippen LogP contribution in [0.25, 0.3) is 11.0 Å². The molecule has 2 aromatic heterocycles. The van der Waals surface area contributed by atoms with Crippen LogP contribution in [0.15, 0.2) is 84.0 Å². The lowest BCUT2D eigenvalue weighted by molar-refractivity contribution is -0.384. The molecular weight excluding hydrogens is 842 g/mol. The molecule has 5 aliphatic rings. The van der Waals surface area contributed by atoms with Gasteiger partial charge in [0.05, 0.1) is 21.6 Å². The Hall–Kier alpha value is -5.22. The van der Waals surface area contributed by atoms with Crippen LogP contribution in [0.3, 0.4) is 0 Å². The van der Waals surface area contributed by atoms with Crippen molar-refractivity contribution in [3.63, 3.8) is 0 Å². The number of likely N-dealkylation sites (tertiary alicyclic amines) is 1. The number of piperidine rings is 1. The van der Waals surface area contributed by atoms with Gasteiger partial charge in [-0.15, -0.1) is 0 Å². The number of aromatic nitrogens is 2. The highest BCUT2D eigenvalue weighted by molar-refractivity contribution is 7.90. The first-order valence-corrected chi connectivity index (χ1v) is 24.1. The largest absolute Gasteiger partial charge is 0.455 e. The maximum absolute atomic E-state index is 14.0. The normalized spacial score (nSPS) is 20.8. The first-order chi connectivity index (χ1) is 30.5. The van der Waals surface area contributed by atoms with E-state index in [0.29, 0.717) is 54.6 Å². The van der Waals surface area contributed by atoms with Gasteiger partial charge in [0.2, 0.25) is 0 Å². The summed E-state index contributed by atoms with van der Waals surface area (Å²) in [6, 6.07) is 19.9. The number of sulfonamides is 1. The number of H-pyrrole nitrogens is 1.